The lowest BCUT2D eigenvalue weighted by Gasteiger charge is -2.13. The van der Waals surface area contributed by atoms with Crippen LogP contribution in [0.2, 0.25) is 21.1 Å². The van der Waals surface area contributed by atoms with E-state index in [4.69, 9.17) is 65.8 Å². The Labute approximate surface area is 756 Å². The van der Waals surface area contributed by atoms with Crippen LogP contribution in [0.15, 0.2) is 423 Å². The lowest BCUT2D eigenvalue weighted by atomic mass is 9.92. The molecule has 6 heterocycles. The Hall–Kier alpha value is -15.9. The van der Waals surface area contributed by atoms with Gasteiger partial charge in [-0.1, -0.05) is 370 Å². The highest BCUT2D eigenvalue weighted by Gasteiger charge is 2.21. The molecule has 0 radical (unpaired) electrons. The summed E-state index contributed by atoms with van der Waals surface area (Å²) in [6.45, 7) is 0. The van der Waals surface area contributed by atoms with E-state index in [2.05, 4.69) is 245 Å². The first-order valence-corrected chi connectivity index (χ1v) is 42.8. The van der Waals surface area contributed by atoms with Crippen LogP contribution in [0.25, 0.3) is 207 Å². The Bertz CT molecular complexity index is 7920. The zero-order chi connectivity index (χ0) is 86.2. The number of para-hydroxylation sites is 3. The second-order valence-corrected chi connectivity index (χ2v) is 31.4. The zero-order valence-electron chi connectivity index (χ0n) is 68.1. The van der Waals surface area contributed by atoms with E-state index in [1.54, 1.807) is 0 Å². The molecule has 17 aromatic carbocycles. The number of halogens is 4. The fraction of sp³-hybridized carbons (Fsp3) is 0. The van der Waals surface area contributed by atoms with Crippen molar-refractivity contribution in [2.24, 2.45) is 0 Å². The van der Waals surface area contributed by atoms with Gasteiger partial charge in [-0.3, -0.25) is 4.57 Å². The fourth-order valence-corrected chi connectivity index (χ4v) is 16.5. The zero-order valence-corrected chi connectivity index (χ0v) is 71.1. The van der Waals surface area contributed by atoms with E-state index in [-0.39, 0.29) is 21.1 Å². The van der Waals surface area contributed by atoms with Crippen LogP contribution in [-0.4, -0.2) is 64.4 Å². The molecule has 128 heavy (non-hydrogen) atoms. The molecule has 23 rings (SSSR count). The molecule has 0 spiro atoms. The van der Waals surface area contributed by atoms with Crippen molar-refractivity contribution in [2.75, 3.05) is 0 Å². The van der Waals surface area contributed by atoms with Gasteiger partial charge in [-0.25, -0.2) is 15.0 Å². The number of benzene rings is 17. The predicted molar refractivity (Wildman–Crippen MR) is 521 cm³/mol. The summed E-state index contributed by atoms with van der Waals surface area (Å²) in [4.78, 5) is 54.3. The van der Waals surface area contributed by atoms with E-state index < -0.39 is 0 Å². The molecule has 14 nitrogen and oxygen atoms in total. The smallest absolute Gasteiger partial charge is 0.239 e. The Balaban J connectivity index is 0.000000107. The highest BCUT2D eigenvalue weighted by Crippen LogP contribution is 2.40. The number of nitrogens with zero attached hydrogens (tertiary/aromatic N) is 13. The Morgan fingerprint density at radius 3 is 1.02 bits per heavy atom. The minimum Gasteiger partial charge on any atom is -0.456 e. The third kappa shape index (κ3) is 17.4. The lowest BCUT2D eigenvalue weighted by molar-refractivity contribution is 0.669. The standard InChI is InChI=1S/C31H20ClN3.C27H17ClN4.C27H16ClN3O.C25H16ClN3/c32-31-34-29(33-30(35-31)27-17-9-15-22-14-7-8-16-25(22)27)24-18-19-26(21-10-3-1-4-11-21)28(20-24)23-12-5-2-6-13-23;28-26-29-25(20-16-14-19(15-17-20)18-8-2-1-3-9-18)30-27(31-26)32-23-12-6-4-10-21(23)22-11-5-7-13-24(22)32;28-27-30-25(19-12-10-18(11-13-19)17-6-2-1-3-7-17)29-26(31-27)20-14-15-24-22(16-20)21-8-4-5-9-23(21)32-24;26-25-28-23(20-13-10-19(11-14-20)17-6-2-1-3-7-17)27-24(29-25)22-15-12-18-8-4-5-9-21(18)16-22/h1-20H;1-17H;1-16H;1-16H. The molecule has 0 aliphatic heterocycles. The molecule has 6 aromatic heterocycles. The molecular formula is C110H69Cl4N13O. The molecule has 0 saturated heterocycles. The van der Waals surface area contributed by atoms with Gasteiger partial charge in [-0.05, 0) is 172 Å². The number of furan rings is 1. The minimum atomic E-state index is 0.161. The van der Waals surface area contributed by atoms with Crippen LogP contribution in [0.1, 0.15) is 0 Å². The van der Waals surface area contributed by atoms with Gasteiger partial charge in [0.05, 0.1) is 11.0 Å². The van der Waals surface area contributed by atoms with Crippen LogP contribution < -0.4 is 0 Å². The quantitative estimate of drug-likeness (QED) is 0.107. The maximum Gasteiger partial charge on any atom is 0.239 e. The fourth-order valence-electron chi connectivity index (χ4n) is 15.9. The van der Waals surface area contributed by atoms with Crippen molar-refractivity contribution >= 4 is 112 Å². The molecule has 0 atom stereocenters. The third-order valence-electron chi connectivity index (χ3n) is 22.1. The Morgan fingerprint density at radius 1 is 0.172 bits per heavy atom. The van der Waals surface area contributed by atoms with E-state index in [0.29, 0.717) is 46.7 Å². The van der Waals surface area contributed by atoms with Gasteiger partial charge < -0.3 is 4.42 Å². The van der Waals surface area contributed by atoms with Gasteiger partial charge >= 0.3 is 0 Å². The largest absolute Gasteiger partial charge is 0.456 e. The van der Waals surface area contributed by atoms with Crippen molar-refractivity contribution in [1.29, 1.82) is 0 Å². The minimum absolute atomic E-state index is 0.161. The van der Waals surface area contributed by atoms with Crippen molar-refractivity contribution in [1.82, 2.24) is 64.4 Å². The Morgan fingerprint density at radius 2 is 0.500 bits per heavy atom. The molecule has 0 amide bonds. The molecule has 0 aliphatic carbocycles. The maximum atomic E-state index is 6.42. The number of rotatable bonds is 13. The van der Waals surface area contributed by atoms with E-state index in [9.17, 15) is 0 Å². The molecule has 0 aliphatic rings. The molecule has 0 unspecified atom stereocenters. The first kappa shape index (κ1) is 80.5. The third-order valence-corrected chi connectivity index (χ3v) is 22.7. The van der Waals surface area contributed by atoms with E-state index in [0.717, 1.165) is 143 Å². The van der Waals surface area contributed by atoms with E-state index in [1.807, 2.05) is 223 Å². The topological polar surface area (TPSA) is 173 Å². The van der Waals surface area contributed by atoms with Gasteiger partial charge in [-0.2, -0.15) is 44.9 Å². The average molecular weight is 1730 g/mol. The summed E-state index contributed by atoms with van der Waals surface area (Å²) in [5.41, 5.74) is 21.4. The van der Waals surface area contributed by atoms with Crippen molar-refractivity contribution < 1.29 is 4.42 Å². The van der Waals surface area contributed by atoms with Crippen LogP contribution in [0, 0.1) is 0 Å². The summed E-state index contributed by atoms with van der Waals surface area (Å²) in [6, 6.07) is 141. The average Bonchev–Trinajstić information content (AvgIpc) is 1.57. The van der Waals surface area contributed by atoms with E-state index >= 15 is 0 Å². The number of hydrogen-bond acceptors (Lipinski definition) is 13. The summed E-state index contributed by atoms with van der Waals surface area (Å²) in [5.74, 6) is 4.35. The molecule has 0 N–H and O–H groups in total. The van der Waals surface area contributed by atoms with Gasteiger partial charge in [0.15, 0.2) is 40.8 Å². The highest BCUT2D eigenvalue weighted by molar-refractivity contribution is 6.29. The first-order valence-electron chi connectivity index (χ1n) is 41.3. The molecule has 608 valence electrons. The van der Waals surface area contributed by atoms with Crippen molar-refractivity contribution in [3.63, 3.8) is 0 Å². The monoisotopic (exact) mass is 1730 g/mol. The van der Waals surface area contributed by atoms with Crippen molar-refractivity contribution in [3.8, 4) is 141 Å². The van der Waals surface area contributed by atoms with Crippen LogP contribution in [0.4, 0.5) is 0 Å². The first-order chi connectivity index (χ1) is 63.0. The molecular weight excluding hydrogens is 1660 g/mol. The second-order valence-electron chi connectivity index (χ2n) is 30.1. The van der Waals surface area contributed by atoms with Crippen molar-refractivity contribution in [2.45, 2.75) is 0 Å². The summed E-state index contributed by atoms with van der Waals surface area (Å²) < 4.78 is 7.97. The van der Waals surface area contributed by atoms with Crippen LogP contribution in [0.5, 0.6) is 0 Å². The summed E-state index contributed by atoms with van der Waals surface area (Å²) in [7, 11) is 0. The molecule has 0 fully saturated rings. The molecule has 18 heteroatoms. The molecule has 0 saturated carbocycles. The van der Waals surface area contributed by atoms with Gasteiger partial charge in [0.2, 0.25) is 27.1 Å². The predicted octanol–water partition coefficient (Wildman–Crippen LogP) is 29.4. The van der Waals surface area contributed by atoms with Gasteiger partial charge in [-0.15, -0.1) is 0 Å². The number of aromatic nitrogens is 13. The SMILES string of the molecule is Clc1nc(-c2ccc(-c3ccccc3)c(-c3ccccc3)c2)nc(-c2cccc3ccccc23)n1.Clc1nc(-c2ccc(-c3ccccc3)cc2)nc(-c2ccc3ccccc3c2)n1.Clc1nc(-c2ccc(-c3ccccc3)cc2)nc(-c2ccc3oc4ccccc4c3c2)n1.Clc1nc(-c2ccc(-c3ccccc3)cc2)nc(-n2c3ccccc3c3ccccc32)n1. The van der Waals surface area contributed by atoms with Gasteiger partial charge in [0.1, 0.15) is 11.2 Å². The van der Waals surface area contributed by atoms with Crippen molar-refractivity contribution in [3.05, 3.63) is 440 Å². The number of fused-ring (bicyclic) bond motifs is 8. The molecule has 0 bridgehead atoms. The van der Waals surface area contributed by atoms with Crippen LogP contribution >= 0.6 is 46.4 Å². The summed E-state index contributed by atoms with van der Waals surface area (Å²) >= 11 is 25.3. The number of hydrogen-bond donors (Lipinski definition) is 0. The maximum absolute atomic E-state index is 6.42. The highest BCUT2D eigenvalue weighted by atomic mass is 35.5. The summed E-state index contributed by atoms with van der Waals surface area (Å²) in [5, 5.41) is 9.56. The van der Waals surface area contributed by atoms with Gasteiger partial charge in [0, 0.05) is 60.5 Å². The summed E-state index contributed by atoms with van der Waals surface area (Å²) in [6.07, 6.45) is 0. The van der Waals surface area contributed by atoms with Crippen LogP contribution in [-0.2, 0) is 0 Å². The second kappa shape index (κ2) is 36.5. The normalized spacial score (nSPS) is 11.1. The van der Waals surface area contributed by atoms with Gasteiger partial charge in [0.25, 0.3) is 0 Å². The van der Waals surface area contributed by atoms with Crippen LogP contribution in [0.3, 0.4) is 0 Å². The molecule has 23 aromatic rings. The Kier molecular flexibility index (Phi) is 22.9. The van der Waals surface area contributed by atoms with E-state index in [1.165, 1.54) is 16.5 Å². The lowest BCUT2D eigenvalue weighted by Crippen LogP contribution is -2.04.